The zero-order valence-corrected chi connectivity index (χ0v) is 21.3. The van der Waals surface area contributed by atoms with Crippen LogP contribution in [0.3, 0.4) is 0 Å². The van der Waals surface area contributed by atoms with E-state index in [1.54, 1.807) is 0 Å². The smallest absolute Gasteiger partial charge is 0.157 e. The molecular formula is C29H39ClN2O. The van der Waals surface area contributed by atoms with Crippen molar-refractivity contribution in [2.24, 2.45) is 46.3 Å². The Morgan fingerprint density at radius 2 is 1.85 bits per heavy atom. The summed E-state index contributed by atoms with van der Waals surface area (Å²) in [7, 11) is 0. The first-order valence-electron chi connectivity index (χ1n) is 13.4. The van der Waals surface area contributed by atoms with Crippen molar-refractivity contribution in [3.8, 4) is 0 Å². The molecule has 1 aromatic carbocycles. The molecule has 0 aliphatic heterocycles. The summed E-state index contributed by atoms with van der Waals surface area (Å²) in [5.41, 5.74) is 1.73. The molecule has 4 heteroatoms. The Hall–Kier alpha value is -1.35. The summed E-state index contributed by atoms with van der Waals surface area (Å²) in [5.74, 6) is 4.88. The fraction of sp³-hybridized carbons (Fsp3) is 0.724. The third kappa shape index (κ3) is 3.35. The number of hydrogen-bond donors (Lipinski definition) is 0. The first-order chi connectivity index (χ1) is 15.8. The van der Waals surface area contributed by atoms with E-state index in [0.717, 1.165) is 46.9 Å². The summed E-state index contributed by atoms with van der Waals surface area (Å²) in [6.07, 6.45) is 13.9. The molecule has 4 aliphatic rings. The SMILES string of the molecule is CC1CCC2(C)C(CCC3C2CCC2(C)C3CC[C@@H]2C(=O)Cn2ncc3cc(Cl)ccc32)C1. The number of hydrogen-bond acceptors (Lipinski definition) is 2. The molecule has 178 valence electrons. The van der Waals surface area contributed by atoms with E-state index in [0.29, 0.717) is 22.8 Å². The molecule has 7 unspecified atom stereocenters. The van der Waals surface area contributed by atoms with Crippen molar-refractivity contribution in [2.45, 2.75) is 85.1 Å². The topological polar surface area (TPSA) is 34.9 Å². The number of carbonyl (C=O) groups excluding carboxylic acids is 1. The van der Waals surface area contributed by atoms with Crippen molar-refractivity contribution in [2.75, 3.05) is 0 Å². The van der Waals surface area contributed by atoms with E-state index in [1.807, 2.05) is 29.1 Å². The van der Waals surface area contributed by atoms with E-state index in [9.17, 15) is 4.79 Å². The predicted octanol–water partition coefficient (Wildman–Crippen LogP) is 7.55. The highest BCUT2D eigenvalue weighted by Gasteiger charge is 2.60. The first-order valence-corrected chi connectivity index (χ1v) is 13.8. The van der Waals surface area contributed by atoms with Gasteiger partial charge in [0.15, 0.2) is 5.78 Å². The lowest BCUT2D eigenvalue weighted by Gasteiger charge is -2.61. The van der Waals surface area contributed by atoms with E-state index >= 15 is 0 Å². The largest absolute Gasteiger partial charge is 0.297 e. The summed E-state index contributed by atoms with van der Waals surface area (Å²) in [6.45, 7) is 7.98. The number of halogens is 1. The van der Waals surface area contributed by atoms with Crippen LogP contribution in [0.25, 0.3) is 10.9 Å². The van der Waals surface area contributed by atoms with Gasteiger partial charge in [0.2, 0.25) is 0 Å². The third-order valence-corrected chi connectivity index (χ3v) is 11.5. The van der Waals surface area contributed by atoms with Gasteiger partial charge in [-0.05, 0) is 110 Å². The molecule has 0 N–H and O–H groups in total. The van der Waals surface area contributed by atoms with E-state index < -0.39 is 0 Å². The lowest BCUT2D eigenvalue weighted by atomic mass is 9.44. The number of aromatic nitrogens is 2. The highest BCUT2D eigenvalue weighted by atomic mass is 35.5. The quantitative estimate of drug-likeness (QED) is 0.467. The third-order valence-electron chi connectivity index (χ3n) is 11.2. The Labute approximate surface area is 203 Å². The highest BCUT2D eigenvalue weighted by Crippen LogP contribution is 2.67. The minimum atomic E-state index is 0.176. The van der Waals surface area contributed by atoms with Gasteiger partial charge in [-0.2, -0.15) is 5.10 Å². The summed E-state index contributed by atoms with van der Waals surface area (Å²) in [5, 5.41) is 6.26. The van der Waals surface area contributed by atoms with Crippen molar-refractivity contribution >= 4 is 28.3 Å². The highest BCUT2D eigenvalue weighted by molar-refractivity contribution is 6.31. The van der Waals surface area contributed by atoms with Crippen LogP contribution in [0, 0.1) is 46.3 Å². The van der Waals surface area contributed by atoms with Gasteiger partial charge in [0.25, 0.3) is 0 Å². The predicted molar refractivity (Wildman–Crippen MR) is 134 cm³/mol. The molecule has 1 heterocycles. The zero-order chi connectivity index (χ0) is 23.0. The maximum absolute atomic E-state index is 13.7. The van der Waals surface area contributed by atoms with Crippen molar-refractivity contribution in [1.82, 2.24) is 9.78 Å². The zero-order valence-electron chi connectivity index (χ0n) is 20.5. The molecule has 0 bridgehead atoms. The Balaban J connectivity index is 1.22. The van der Waals surface area contributed by atoms with Gasteiger partial charge in [-0.3, -0.25) is 9.48 Å². The van der Waals surface area contributed by atoms with Crippen LogP contribution in [-0.2, 0) is 11.3 Å². The van der Waals surface area contributed by atoms with Crippen LogP contribution < -0.4 is 0 Å². The second-order valence-corrected chi connectivity index (χ2v) is 13.1. The standard InChI is InChI=1S/C29H39ClN2O/c1-18-10-12-28(2)20(14-18)4-6-22-23-7-8-25(29(23,3)13-11-24(22)28)27(33)17-32-26-9-5-21(30)15-19(26)16-31-32/h5,9,15-16,18,20,22-25H,4,6-8,10-14,17H2,1-3H3/t18?,20?,22?,23?,24?,25-,28?,29?/m1/s1. The molecule has 0 radical (unpaired) electrons. The molecule has 0 amide bonds. The number of benzene rings is 1. The molecule has 2 aromatic rings. The summed E-state index contributed by atoms with van der Waals surface area (Å²) < 4.78 is 1.89. The Kier molecular flexibility index (Phi) is 5.25. The molecule has 8 atom stereocenters. The van der Waals surface area contributed by atoms with Crippen molar-refractivity contribution in [3.63, 3.8) is 0 Å². The van der Waals surface area contributed by atoms with E-state index in [4.69, 9.17) is 11.6 Å². The van der Waals surface area contributed by atoms with Gasteiger partial charge in [0, 0.05) is 16.3 Å². The van der Waals surface area contributed by atoms with Crippen LogP contribution >= 0.6 is 11.6 Å². The van der Waals surface area contributed by atoms with Crippen molar-refractivity contribution in [3.05, 3.63) is 29.4 Å². The second-order valence-electron chi connectivity index (χ2n) is 12.7. The Morgan fingerprint density at radius 3 is 2.70 bits per heavy atom. The van der Waals surface area contributed by atoms with Crippen LogP contribution in [0.15, 0.2) is 24.4 Å². The average molecular weight is 467 g/mol. The lowest BCUT2D eigenvalue weighted by molar-refractivity contribution is -0.137. The number of Topliss-reactive ketones (excluding diaryl/α,β-unsaturated/α-hetero) is 1. The Morgan fingerprint density at radius 1 is 1.06 bits per heavy atom. The molecule has 4 fully saturated rings. The number of fused-ring (bicyclic) bond motifs is 6. The summed E-state index contributed by atoms with van der Waals surface area (Å²) >= 11 is 6.14. The van der Waals surface area contributed by atoms with Crippen molar-refractivity contribution < 1.29 is 4.79 Å². The monoisotopic (exact) mass is 466 g/mol. The molecule has 4 saturated carbocycles. The molecule has 6 rings (SSSR count). The number of carbonyl (C=O) groups is 1. The summed E-state index contributed by atoms with van der Waals surface area (Å²) in [4.78, 5) is 13.7. The van der Waals surface area contributed by atoms with Gasteiger partial charge in [0.1, 0.15) is 6.54 Å². The lowest BCUT2D eigenvalue weighted by Crippen LogP contribution is -2.53. The van der Waals surface area contributed by atoms with Gasteiger partial charge in [-0.25, -0.2) is 0 Å². The normalized spacial score (nSPS) is 42.5. The molecule has 1 aromatic heterocycles. The van der Waals surface area contributed by atoms with Gasteiger partial charge < -0.3 is 0 Å². The van der Waals surface area contributed by atoms with Crippen LogP contribution in [-0.4, -0.2) is 15.6 Å². The van der Waals surface area contributed by atoms with Crippen LogP contribution in [0.1, 0.15) is 78.6 Å². The van der Waals surface area contributed by atoms with Gasteiger partial charge in [-0.15, -0.1) is 0 Å². The maximum atomic E-state index is 13.7. The number of rotatable bonds is 3. The molecular weight excluding hydrogens is 428 g/mol. The van der Waals surface area contributed by atoms with Crippen molar-refractivity contribution in [1.29, 1.82) is 0 Å². The van der Waals surface area contributed by atoms with Crippen LogP contribution in [0.2, 0.25) is 5.02 Å². The van der Waals surface area contributed by atoms with Gasteiger partial charge in [-0.1, -0.05) is 38.8 Å². The second kappa shape index (κ2) is 7.83. The Bertz CT molecular complexity index is 1080. The van der Waals surface area contributed by atoms with E-state index in [2.05, 4.69) is 25.9 Å². The number of nitrogens with zero attached hydrogens (tertiary/aromatic N) is 2. The fourth-order valence-corrected chi connectivity index (χ4v) is 9.62. The van der Waals surface area contributed by atoms with Gasteiger partial charge in [0.05, 0.1) is 11.7 Å². The molecule has 0 spiro atoms. The molecule has 3 nitrogen and oxygen atoms in total. The summed E-state index contributed by atoms with van der Waals surface area (Å²) in [6, 6.07) is 5.82. The van der Waals surface area contributed by atoms with Crippen LogP contribution in [0.4, 0.5) is 0 Å². The first kappa shape index (κ1) is 22.1. The molecule has 4 aliphatic carbocycles. The maximum Gasteiger partial charge on any atom is 0.157 e. The van der Waals surface area contributed by atoms with Crippen LogP contribution in [0.5, 0.6) is 0 Å². The van der Waals surface area contributed by atoms with Gasteiger partial charge >= 0.3 is 0 Å². The minimum absolute atomic E-state index is 0.176. The van der Waals surface area contributed by atoms with E-state index in [1.165, 1.54) is 51.4 Å². The molecule has 33 heavy (non-hydrogen) atoms. The number of ketones is 1. The minimum Gasteiger partial charge on any atom is -0.297 e. The van der Waals surface area contributed by atoms with E-state index in [-0.39, 0.29) is 11.3 Å². The molecule has 0 saturated heterocycles. The average Bonchev–Trinajstić information content (AvgIpc) is 3.34. The fourth-order valence-electron chi connectivity index (χ4n) is 9.44.